The zero-order chi connectivity index (χ0) is 15.2. The Hall–Kier alpha value is -1.55. The van der Waals surface area contributed by atoms with E-state index in [1.165, 1.54) is 0 Å². The molecular formula is C16H24O4. The van der Waals surface area contributed by atoms with Crippen LogP contribution in [-0.2, 0) is 11.2 Å². The highest BCUT2D eigenvalue weighted by atomic mass is 16.4. The lowest BCUT2D eigenvalue weighted by Crippen LogP contribution is -2.40. The minimum atomic E-state index is -1.22. The van der Waals surface area contributed by atoms with Crippen LogP contribution in [0.3, 0.4) is 0 Å². The molecule has 0 aliphatic heterocycles. The first-order valence-electron chi connectivity index (χ1n) is 7.10. The Labute approximate surface area is 120 Å². The van der Waals surface area contributed by atoms with Crippen molar-refractivity contribution in [1.82, 2.24) is 0 Å². The van der Waals surface area contributed by atoms with Gasteiger partial charge in [0.05, 0.1) is 11.5 Å². The summed E-state index contributed by atoms with van der Waals surface area (Å²) in [6, 6.07) is 6.76. The molecule has 0 radical (unpaired) electrons. The van der Waals surface area contributed by atoms with Crippen molar-refractivity contribution in [3.63, 3.8) is 0 Å². The van der Waals surface area contributed by atoms with Gasteiger partial charge in [-0.2, -0.15) is 0 Å². The third-order valence-electron chi connectivity index (χ3n) is 3.75. The van der Waals surface area contributed by atoms with E-state index in [1.807, 2.05) is 6.92 Å². The molecule has 0 aliphatic carbocycles. The van der Waals surface area contributed by atoms with E-state index in [0.717, 1.165) is 18.4 Å². The highest BCUT2D eigenvalue weighted by molar-refractivity contribution is 5.71. The molecule has 3 N–H and O–H groups in total. The van der Waals surface area contributed by atoms with Crippen LogP contribution in [0.15, 0.2) is 24.3 Å². The number of hydrogen-bond donors (Lipinski definition) is 3. The van der Waals surface area contributed by atoms with E-state index in [1.54, 1.807) is 31.2 Å². The van der Waals surface area contributed by atoms with Gasteiger partial charge >= 0.3 is 5.97 Å². The van der Waals surface area contributed by atoms with Gasteiger partial charge in [0.2, 0.25) is 0 Å². The number of aliphatic hydroxyl groups is 1. The number of aliphatic carboxylic acids is 1. The third kappa shape index (κ3) is 4.85. The molecular weight excluding hydrogens is 256 g/mol. The molecule has 0 saturated heterocycles. The summed E-state index contributed by atoms with van der Waals surface area (Å²) in [5.74, 6) is -1.47. The normalized spacial score (nSPS) is 15.6. The highest BCUT2D eigenvalue weighted by Crippen LogP contribution is 2.28. The minimum Gasteiger partial charge on any atom is -0.508 e. The Morgan fingerprint density at radius 3 is 2.40 bits per heavy atom. The van der Waals surface area contributed by atoms with Gasteiger partial charge in [0.25, 0.3) is 0 Å². The van der Waals surface area contributed by atoms with Crippen LogP contribution >= 0.6 is 0 Å². The number of aryl methyl sites for hydroxylation is 1. The lowest BCUT2D eigenvalue weighted by molar-refractivity contribution is -0.152. The van der Waals surface area contributed by atoms with Crippen LogP contribution in [0.5, 0.6) is 5.75 Å². The Morgan fingerprint density at radius 2 is 1.90 bits per heavy atom. The fourth-order valence-corrected chi connectivity index (χ4v) is 2.34. The number of carboxylic acid groups (broad SMARTS) is 1. The zero-order valence-electron chi connectivity index (χ0n) is 12.2. The standard InChI is InChI=1S/C16H24O4/c1-3-4-5-14(15(18)19)16(2,20)11-10-12-6-8-13(17)9-7-12/h6-9,14,17,20H,3-5,10-11H2,1-2H3,(H,18,19). The number of benzene rings is 1. The molecule has 0 amide bonds. The quantitative estimate of drug-likeness (QED) is 0.684. The maximum Gasteiger partial charge on any atom is 0.309 e. The summed E-state index contributed by atoms with van der Waals surface area (Å²) in [6.07, 6.45) is 3.18. The molecule has 1 aromatic carbocycles. The number of hydrogen-bond acceptors (Lipinski definition) is 3. The summed E-state index contributed by atoms with van der Waals surface area (Å²) >= 11 is 0. The largest absolute Gasteiger partial charge is 0.508 e. The fraction of sp³-hybridized carbons (Fsp3) is 0.562. The van der Waals surface area contributed by atoms with Crippen LogP contribution in [0.25, 0.3) is 0 Å². The van der Waals surface area contributed by atoms with Gasteiger partial charge in [-0.1, -0.05) is 31.9 Å². The van der Waals surface area contributed by atoms with Crippen molar-refractivity contribution in [1.29, 1.82) is 0 Å². The van der Waals surface area contributed by atoms with Crippen LogP contribution in [0, 0.1) is 5.92 Å². The van der Waals surface area contributed by atoms with E-state index in [4.69, 9.17) is 0 Å². The second-order valence-corrected chi connectivity index (χ2v) is 5.56. The van der Waals surface area contributed by atoms with E-state index < -0.39 is 17.5 Å². The van der Waals surface area contributed by atoms with Gasteiger partial charge in [-0.05, 0) is 43.9 Å². The molecule has 0 spiro atoms. The Kier molecular flexibility index (Phi) is 6.02. The van der Waals surface area contributed by atoms with Gasteiger partial charge in [-0.25, -0.2) is 0 Å². The topological polar surface area (TPSA) is 77.8 Å². The summed E-state index contributed by atoms with van der Waals surface area (Å²) in [5, 5.41) is 28.9. The Balaban J connectivity index is 2.65. The Morgan fingerprint density at radius 1 is 1.30 bits per heavy atom. The van der Waals surface area contributed by atoms with Gasteiger partial charge < -0.3 is 15.3 Å². The Bertz CT molecular complexity index is 423. The zero-order valence-corrected chi connectivity index (χ0v) is 12.2. The maximum absolute atomic E-state index is 11.3. The van der Waals surface area contributed by atoms with Crippen LogP contribution in [0.2, 0.25) is 0 Å². The number of phenols is 1. The number of carboxylic acids is 1. The molecule has 112 valence electrons. The average molecular weight is 280 g/mol. The molecule has 0 bridgehead atoms. The number of unbranched alkanes of at least 4 members (excludes halogenated alkanes) is 1. The van der Waals surface area contributed by atoms with Crippen LogP contribution < -0.4 is 0 Å². The van der Waals surface area contributed by atoms with Crippen molar-refractivity contribution in [2.45, 2.75) is 51.6 Å². The van der Waals surface area contributed by atoms with Gasteiger partial charge in [-0.3, -0.25) is 4.79 Å². The molecule has 0 heterocycles. The third-order valence-corrected chi connectivity index (χ3v) is 3.75. The molecule has 0 aliphatic rings. The van der Waals surface area contributed by atoms with E-state index >= 15 is 0 Å². The van der Waals surface area contributed by atoms with Crippen molar-refractivity contribution in [2.24, 2.45) is 5.92 Å². The molecule has 4 nitrogen and oxygen atoms in total. The SMILES string of the molecule is CCCCC(C(=O)O)C(C)(O)CCc1ccc(O)cc1. The van der Waals surface area contributed by atoms with Crippen molar-refractivity contribution >= 4 is 5.97 Å². The summed E-state index contributed by atoms with van der Waals surface area (Å²) in [7, 11) is 0. The summed E-state index contributed by atoms with van der Waals surface area (Å²) < 4.78 is 0. The first-order chi connectivity index (χ1) is 9.36. The molecule has 2 unspecified atom stereocenters. The molecule has 2 atom stereocenters. The first kappa shape index (κ1) is 16.5. The molecule has 1 aromatic rings. The van der Waals surface area contributed by atoms with Gasteiger partial charge in [0, 0.05) is 0 Å². The molecule has 0 saturated carbocycles. The minimum absolute atomic E-state index is 0.201. The van der Waals surface area contributed by atoms with E-state index in [0.29, 0.717) is 19.3 Å². The van der Waals surface area contributed by atoms with E-state index in [2.05, 4.69) is 0 Å². The predicted molar refractivity (Wildman–Crippen MR) is 77.7 cm³/mol. The fourth-order valence-electron chi connectivity index (χ4n) is 2.34. The number of phenolic OH excluding ortho intramolecular Hbond substituents is 1. The van der Waals surface area contributed by atoms with Gasteiger partial charge in [0.15, 0.2) is 0 Å². The summed E-state index contributed by atoms with van der Waals surface area (Å²) in [4.78, 5) is 11.3. The lowest BCUT2D eigenvalue weighted by atomic mass is 9.81. The molecule has 0 aromatic heterocycles. The smallest absolute Gasteiger partial charge is 0.309 e. The number of rotatable bonds is 8. The second kappa shape index (κ2) is 7.29. The monoisotopic (exact) mass is 280 g/mol. The number of aromatic hydroxyl groups is 1. The van der Waals surface area contributed by atoms with Crippen LogP contribution in [-0.4, -0.2) is 26.9 Å². The van der Waals surface area contributed by atoms with Crippen LogP contribution in [0.4, 0.5) is 0 Å². The summed E-state index contributed by atoms with van der Waals surface area (Å²) in [6.45, 7) is 3.60. The first-order valence-corrected chi connectivity index (χ1v) is 7.10. The highest BCUT2D eigenvalue weighted by Gasteiger charge is 2.36. The molecule has 0 fully saturated rings. The van der Waals surface area contributed by atoms with Crippen molar-refractivity contribution in [3.05, 3.63) is 29.8 Å². The lowest BCUT2D eigenvalue weighted by Gasteiger charge is -2.30. The second-order valence-electron chi connectivity index (χ2n) is 5.56. The van der Waals surface area contributed by atoms with Crippen molar-refractivity contribution < 1.29 is 20.1 Å². The molecule has 20 heavy (non-hydrogen) atoms. The molecule has 1 rings (SSSR count). The van der Waals surface area contributed by atoms with Gasteiger partial charge in [-0.15, -0.1) is 0 Å². The van der Waals surface area contributed by atoms with Crippen molar-refractivity contribution in [2.75, 3.05) is 0 Å². The molecule has 4 heteroatoms. The van der Waals surface area contributed by atoms with Crippen molar-refractivity contribution in [3.8, 4) is 5.75 Å². The predicted octanol–water partition coefficient (Wildman–Crippen LogP) is 2.97. The summed E-state index contributed by atoms with van der Waals surface area (Å²) in [5.41, 5.74) is -0.249. The maximum atomic E-state index is 11.3. The van der Waals surface area contributed by atoms with E-state index in [-0.39, 0.29) is 5.75 Å². The van der Waals surface area contributed by atoms with Gasteiger partial charge in [0.1, 0.15) is 5.75 Å². The van der Waals surface area contributed by atoms with E-state index in [9.17, 15) is 20.1 Å². The average Bonchev–Trinajstić information content (AvgIpc) is 2.38. The number of carbonyl (C=O) groups is 1. The van der Waals surface area contributed by atoms with Crippen LogP contribution in [0.1, 0.15) is 45.1 Å².